The number of hydrogen-bond donors (Lipinski definition) is 2. The van der Waals surface area contributed by atoms with Crippen molar-refractivity contribution in [2.45, 2.75) is 33.7 Å². The Kier molecular flexibility index (Phi) is 4.80. The van der Waals surface area contributed by atoms with E-state index < -0.39 is 0 Å². The zero-order valence-corrected chi connectivity index (χ0v) is 12.7. The average molecular weight is 267 g/mol. The summed E-state index contributed by atoms with van der Waals surface area (Å²) in [6.45, 7) is 8.51. The van der Waals surface area contributed by atoms with Gasteiger partial charge in [-0.05, 0) is 20.8 Å². The summed E-state index contributed by atoms with van der Waals surface area (Å²) in [5.41, 5.74) is 7.60. The molecule has 1 heterocycles. The molecule has 0 radical (unpaired) electrons. The van der Waals surface area contributed by atoms with Crippen LogP contribution >= 0.6 is 0 Å². The molecular weight excluding hydrogens is 242 g/mol. The molecule has 0 aliphatic heterocycles. The van der Waals surface area contributed by atoms with Gasteiger partial charge in [0.2, 0.25) is 5.91 Å². The number of amides is 1. The second-order valence-corrected chi connectivity index (χ2v) is 5.26. The standard InChI is InChI=1S/C13H25N5O/c1-8(2)18-13(11(14)10(4)16-18)17(6)7-9(3)12(19)15-5/h8-9H,7,14H2,1-6H3,(H,15,19). The molecule has 0 bridgehead atoms. The molecule has 0 fully saturated rings. The molecule has 1 unspecified atom stereocenters. The molecule has 1 amide bonds. The summed E-state index contributed by atoms with van der Waals surface area (Å²) in [5, 5.41) is 7.11. The van der Waals surface area contributed by atoms with Crippen LogP contribution in [0.4, 0.5) is 11.5 Å². The Labute approximate surface area is 114 Å². The van der Waals surface area contributed by atoms with Gasteiger partial charge in [-0.2, -0.15) is 5.10 Å². The SMILES string of the molecule is CNC(=O)C(C)CN(C)c1c(N)c(C)nn1C(C)C. The Morgan fingerprint density at radius 2 is 2.05 bits per heavy atom. The van der Waals surface area contributed by atoms with Gasteiger partial charge in [-0.1, -0.05) is 6.92 Å². The van der Waals surface area contributed by atoms with Crippen LogP contribution < -0.4 is 16.0 Å². The molecule has 6 nitrogen and oxygen atoms in total. The Bertz CT molecular complexity index is 452. The number of nitrogen functional groups attached to an aromatic ring is 1. The molecule has 6 heteroatoms. The minimum absolute atomic E-state index is 0.0257. The van der Waals surface area contributed by atoms with Crippen LogP contribution in [0.25, 0.3) is 0 Å². The summed E-state index contributed by atoms with van der Waals surface area (Å²) in [6.07, 6.45) is 0. The number of nitrogens with one attached hydrogen (secondary N) is 1. The van der Waals surface area contributed by atoms with Gasteiger partial charge in [0, 0.05) is 26.7 Å². The van der Waals surface area contributed by atoms with Gasteiger partial charge in [0.15, 0.2) is 5.82 Å². The number of nitrogens with zero attached hydrogens (tertiary/aromatic N) is 3. The van der Waals surface area contributed by atoms with Gasteiger partial charge in [0.05, 0.1) is 17.3 Å². The lowest BCUT2D eigenvalue weighted by molar-refractivity contribution is -0.123. The van der Waals surface area contributed by atoms with Crippen LogP contribution in [0.15, 0.2) is 0 Å². The third-order valence-electron chi connectivity index (χ3n) is 3.20. The van der Waals surface area contributed by atoms with Crippen molar-refractivity contribution in [3.63, 3.8) is 0 Å². The van der Waals surface area contributed by atoms with E-state index in [1.807, 2.05) is 30.5 Å². The summed E-state index contributed by atoms with van der Waals surface area (Å²) in [6, 6.07) is 0.226. The molecular formula is C13H25N5O. The minimum Gasteiger partial charge on any atom is -0.394 e. The van der Waals surface area contributed by atoms with Crippen molar-refractivity contribution in [3.05, 3.63) is 5.69 Å². The normalized spacial score (nSPS) is 12.6. The van der Waals surface area contributed by atoms with E-state index >= 15 is 0 Å². The number of nitrogens with two attached hydrogens (primary N) is 1. The van der Waals surface area contributed by atoms with Crippen molar-refractivity contribution >= 4 is 17.4 Å². The van der Waals surface area contributed by atoms with Crippen LogP contribution in [-0.4, -0.2) is 36.3 Å². The second-order valence-electron chi connectivity index (χ2n) is 5.26. The molecule has 0 aliphatic carbocycles. The lowest BCUT2D eigenvalue weighted by Gasteiger charge is -2.25. The number of carbonyl (C=O) groups excluding carboxylic acids is 1. The van der Waals surface area contributed by atoms with E-state index in [0.29, 0.717) is 12.2 Å². The van der Waals surface area contributed by atoms with Gasteiger partial charge in [-0.3, -0.25) is 4.79 Å². The molecule has 1 rings (SSSR count). The number of rotatable bonds is 5. The number of aromatic nitrogens is 2. The van der Waals surface area contributed by atoms with Crippen molar-refractivity contribution in [3.8, 4) is 0 Å². The third kappa shape index (κ3) is 3.19. The van der Waals surface area contributed by atoms with Gasteiger partial charge in [-0.25, -0.2) is 4.68 Å². The predicted octanol–water partition coefficient (Wildman–Crippen LogP) is 1.17. The van der Waals surface area contributed by atoms with Crippen LogP contribution in [0.1, 0.15) is 32.5 Å². The van der Waals surface area contributed by atoms with Gasteiger partial charge in [-0.15, -0.1) is 0 Å². The summed E-state index contributed by atoms with van der Waals surface area (Å²) >= 11 is 0. The quantitative estimate of drug-likeness (QED) is 0.839. The molecule has 0 saturated heterocycles. The fourth-order valence-corrected chi connectivity index (χ4v) is 2.12. The largest absolute Gasteiger partial charge is 0.394 e. The Hall–Kier alpha value is -1.72. The van der Waals surface area contributed by atoms with Crippen LogP contribution in [0.3, 0.4) is 0 Å². The minimum atomic E-state index is -0.106. The highest BCUT2D eigenvalue weighted by Gasteiger charge is 2.21. The molecule has 0 spiro atoms. The van der Waals surface area contributed by atoms with Crippen LogP contribution in [0.2, 0.25) is 0 Å². The number of aryl methyl sites for hydroxylation is 1. The maximum Gasteiger partial charge on any atom is 0.224 e. The van der Waals surface area contributed by atoms with Gasteiger partial charge >= 0.3 is 0 Å². The smallest absolute Gasteiger partial charge is 0.224 e. The fourth-order valence-electron chi connectivity index (χ4n) is 2.12. The van der Waals surface area contributed by atoms with E-state index in [1.54, 1.807) is 7.05 Å². The number of hydrogen-bond acceptors (Lipinski definition) is 4. The van der Waals surface area contributed by atoms with Crippen LogP contribution in [0.5, 0.6) is 0 Å². The molecule has 0 aliphatic rings. The summed E-state index contributed by atoms with van der Waals surface area (Å²) in [4.78, 5) is 13.6. The topological polar surface area (TPSA) is 76.2 Å². The third-order valence-corrected chi connectivity index (χ3v) is 3.20. The van der Waals surface area contributed by atoms with E-state index in [-0.39, 0.29) is 17.9 Å². The first-order valence-corrected chi connectivity index (χ1v) is 6.56. The number of anilines is 2. The molecule has 19 heavy (non-hydrogen) atoms. The van der Waals surface area contributed by atoms with Crippen molar-refractivity contribution in [1.29, 1.82) is 0 Å². The predicted molar refractivity (Wildman–Crippen MR) is 78.3 cm³/mol. The molecule has 1 aromatic rings. The van der Waals surface area contributed by atoms with Gasteiger partial charge in [0.1, 0.15) is 0 Å². The van der Waals surface area contributed by atoms with Gasteiger partial charge < -0.3 is 16.0 Å². The lowest BCUT2D eigenvalue weighted by atomic mass is 10.1. The highest BCUT2D eigenvalue weighted by molar-refractivity contribution is 5.79. The van der Waals surface area contributed by atoms with Crippen molar-refractivity contribution in [2.24, 2.45) is 5.92 Å². The molecule has 3 N–H and O–H groups in total. The van der Waals surface area contributed by atoms with Crippen LogP contribution in [-0.2, 0) is 4.79 Å². The zero-order chi connectivity index (χ0) is 14.7. The van der Waals surface area contributed by atoms with E-state index in [9.17, 15) is 4.79 Å². The lowest BCUT2D eigenvalue weighted by Crippen LogP contribution is -2.35. The Morgan fingerprint density at radius 1 is 1.47 bits per heavy atom. The average Bonchev–Trinajstić information content (AvgIpc) is 2.65. The van der Waals surface area contributed by atoms with E-state index in [4.69, 9.17) is 5.73 Å². The number of carbonyl (C=O) groups is 1. The maximum absolute atomic E-state index is 11.6. The van der Waals surface area contributed by atoms with E-state index in [0.717, 1.165) is 11.5 Å². The molecule has 108 valence electrons. The molecule has 1 atom stereocenters. The first-order valence-electron chi connectivity index (χ1n) is 6.56. The van der Waals surface area contributed by atoms with E-state index in [1.165, 1.54) is 0 Å². The second kappa shape index (κ2) is 5.95. The first-order chi connectivity index (χ1) is 8.79. The molecule has 1 aromatic heterocycles. The Morgan fingerprint density at radius 3 is 2.53 bits per heavy atom. The zero-order valence-electron chi connectivity index (χ0n) is 12.7. The van der Waals surface area contributed by atoms with E-state index in [2.05, 4.69) is 24.3 Å². The molecule has 0 saturated carbocycles. The Balaban J connectivity index is 2.99. The van der Waals surface area contributed by atoms with Crippen molar-refractivity contribution < 1.29 is 4.79 Å². The van der Waals surface area contributed by atoms with Crippen LogP contribution in [0, 0.1) is 12.8 Å². The highest BCUT2D eigenvalue weighted by atomic mass is 16.1. The maximum atomic E-state index is 11.6. The fraction of sp³-hybridized carbons (Fsp3) is 0.692. The van der Waals surface area contributed by atoms with Crippen molar-refractivity contribution in [1.82, 2.24) is 15.1 Å². The summed E-state index contributed by atoms with van der Waals surface area (Å²) in [5.74, 6) is 0.797. The molecule has 0 aromatic carbocycles. The monoisotopic (exact) mass is 267 g/mol. The van der Waals surface area contributed by atoms with Gasteiger partial charge in [0.25, 0.3) is 0 Å². The summed E-state index contributed by atoms with van der Waals surface area (Å²) in [7, 11) is 3.58. The van der Waals surface area contributed by atoms with Crippen molar-refractivity contribution in [2.75, 3.05) is 31.3 Å². The first kappa shape index (κ1) is 15.3. The summed E-state index contributed by atoms with van der Waals surface area (Å²) < 4.78 is 1.90. The highest BCUT2D eigenvalue weighted by Crippen LogP contribution is 2.28.